The van der Waals surface area contributed by atoms with Gasteiger partial charge in [0.2, 0.25) is 0 Å². The van der Waals surface area contributed by atoms with Crippen molar-refractivity contribution in [2.24, 2.45) is 5.92 Å². The van der Waals surface area contributed by atoms with E-state index >= 15 is 0 Å². The van der Waals surface area contributed by atoms with Crippen molar-refractivity contribution in [1.82, 2.24) is 4.90 Å². The Labute approximate surface area is 106 Å². The molecule has 100 valence electrons. The first-order valence-electron chi connectivity index (χ1n) is 6.85. The molecule has 0 N–H and O–H groups in total. The van der Waals surface area contributed by atoms with Crippen LogP contribution in [-0.2, 0) is 9.53 Å². The quantitative estimate of drug-likeness (QED) is 0.670. The van der Waals surface area contributed by atoms with Gasteiger partial charge in [-0.05, 0) is 46.1 Å². The lowest BCUT2D eigenvalue weighted by Gasteiger charge is -2.31. The van der Waals surface area contributed by atoms with Crippen LogP contribution in [0, 0.1) is 5.92 Å². The fourth-order valence-corrected chi connectivity index (χ4v) is 2.06. The highest BCUT2D eigenvalue weighted by atomic mass is 16.6. The van der Waals surface area contributed by atoms with Crippen molar-refractivity contribution in [3.63, 3.8) is 0 Å². The number of carbonyl (C=O) groups excluding carboxylic acids is 1. The van der Waals surface area contributed by atoms with Crippen molar-refractivity contribution >= 4 is 5.97 Å². The van der Waals surface area contributed by atoms with Gasteiger partial charge in [0, 0.05) is 13.1 Å². The van der Waals surface area contributed by atoms with Crippen molar-refractivity contribution < 1.29 is 9.53 Å². The molecule has 0 unspecified atom stereocenters. The standard InChI is InChI=1S/C14H27NO2/c1-5-15(11-12-7-6-8-12)10-9-13(16)17-14(2,3)4/h12H,5-11H2,1-4H3. The molecule has 3 nitrogen and oxygen atoms in total. The maximum atomic E-state index is 11.6. The molecule has 0 saturated heterocycles. The molecule has 1 aliphatic carbocycles. The summed E-state index contributed by atoms with van der Waals surface area (Å²) in [6, 6.07) is 0. The van der Waals surface area contributed by atoms with Crippen LogP contribution in [0.1, 0.15) is 53.4 Å². The average molecular weight is 241 g/mol. The fraction of sp³-hybridized carbons (Fsp3) is 0.929. The molecule has 0 bridgehead atoms. The zero-order valence-corrected chi connectivity index (χ0v) is 11.8. The Balaban J connectivity index is 2.19. The number of carbonyl (C=O) groups is 1. The van der Waals surface area contributed by atoms with Gasteiger partial charge in [0.15, 0.2) is 0 Å². The van der Waals surface area contributed by atoms with Crippen molar-refractivity contribution in [2.75, 3.05) is 19.6 Å². The van der Waals surface area contributed by atoms with Crippen LogP contribution in [0.15, 0.2) is 0 Å². The molecule has 0 aromatic rings. The van der Waals surface area contributed by atoms with Gasteiger partial charge >= 0.3 is 5.97 Å². The molecule has 0 aromatic heterocycles. The molecule has 0 atom stereocenters. The maximum Gasteiger partial charge on any atom is 0.307 e. The lowest BCUT2D eigenvalue weighted by molar-refractivity contribution is -0.155. The summed E-state index contributed by atoms with van der Waals surface area (Å²) in [4.78, 5) is 14.0. The summed E-state index contributed by atoms with van der Waals surface area (Å²) in [6.07, 6.45) is 4.62. The van der Waals surface area contributed by atoms with Gasteiger partial charge in [0.25, 0.3) is 0 Å². The number of hydrogen-bond acceptors (Lipinski definition) is 3. The van der Waals surface area contributed by atoms with E-state index in [0.717, 1.165) is 25.6 Å². The molecular formula is C14H27NO2. The van der Waals surface area contributed by atoms with Gasteiger partial charge in [-0.2, -0.15) is 0 Å². The third kappa shape index (κ3) is 6.06. The van der Waals surface area contributed by atoms with Crippen LogP contribution in [0.2, 0.25) is 0 Å². The van der Waals surface area contributed by atoms with Gasteiger partial charge < -0.3 is 9.64 Å². The first kappa shape index (κ1) is 14.5. The topological polar surface area (TPSA) is 29.5 Å². The molecule has 17 heavy (non-hydrogen) atoms. The van der Waals surface area contributed by atoms with E-state index in [1.165, 1.54) is 19.3 Å². The van der Waals surface area contributed by atoms with E-state index in [1.807, 2.05) is 20.8 Å². The second kappa shape index (κ2) is 6.39. The number of ether oxygens (including phenoxy) is 1. The molecule has 1 rings (SSSR count). The van der Waals surface area contributed by atoms with Gasteiger partial charge in [-0.15, -0.1) is 0 Å². The fourth-order valence-electron chi connectivity index (χ4n) is 2.06. The van der Waals surface area contributed by atoms with Crippen molar-refractivity contribution in [3.05, 3.63) is 0 Å². The zero-order valence-electron chi connectivity index (χ0n) is 11.8. The molecule has 0 amide bonds. The van der Waals surface area contributed by atoms with E-state index in [2.05, 4.69) is 11.8 Å². The summed E-state index contributed by atoms with van der Waals surface area (Å²) in [5, 5.41) is 0. The number of nitrogens with zero attached hydrogens (tertiary/aromatic N) is 1. The Bertz CT molecular complexity index is 241. The second-order valence-electron chi connectivity index (χ2n) is 6.03. The highest BCUT2D eigenvalue weighted by Gasteiger charge is 2.21. The lowest BCUT2D eigenvalue weighted by Crippen LogP contribution is -2.35. The van der Waals surface area contributed by atoms with E-state index in [9.17, 15) is 4.79 Å². The van der Waals surface area contributed by atoms with Crippen LogP contribution in [-0.4, -0.2) is 36.1 Å². The minimum atomic E-state index is -0.359. The van der Waals surface area contributed by atoms with Crippen LogP contribution < -0.4 is 0 Å². The largest absolute Gasteiger partial charge is 0.460 e. The SMILES string of the molecule is CCN(CCC(=O)OC(C)(C)C)CC1CCC1. The Morgan fingerprint density at radius 1 is 1.35 bits per heavy atom. The molecule has 1 aliphatic rings. The number of hydrogen-bond donors (Lipinski definition) is 0. The Hall–Kier alpha value is -0.570. The third-order valence-corrected chi connectivity index (χ3v) is 3.24. The normalized spacial score (nSPS) is 17.0. The summed E-state index contributed by atoms with van der Waals surface area (Å²) >= 11 is 0. The number of rotatable bonds is 6. The Kier molecular flexibility index (Phi) is 5.44. The first-order valence-corrected chi connectivity index (χ1v) is 6.85. The van der Waals surface area contributed by atoms with E-state index < -0.39 is 0 Å². The van der Waals surface area contributed by atoms with Crippen LogP contribution >= 0.6 is 0 Å². The predicted octanol–water partition coefficient (Wildman–Crippen LogP) is 2.84. The van der Waals surface area contributed by atoms with Crippen LogP contribution in [0.5, 0.6) is 0 Å². The van der Waals surface area contributed by atoms with E-state index in [1.54, 1.807) is 0 Å². The van der Waals surface area contributed by atoms with Crippen molar-refractivity contribution in [3.8, 4) is 0 Å². The van der Waals surface area contributed by atoms with E-state index in [4.69, 9.17) is 4.74 Å². The molecule has 0 aliphatic heterocycles. The van der Waals surface area contributed by atoms with Crippen molar-refractivity contribution in [2.45, 2.75) is 59.0 Å². The van der Waals surface area contributed by atoms with E-state index in [-0.39, 0.29) is 11.6 Å². The predicted molar refractivity (Wildman–Crippen MR) is 69.9 cm³/mol. The maximum absolute atomic E-state index is 11.6. The minimum absolute atomic E-state index is 0.0791. The molecule has 3 heteroatoms. The molecule has 1 fully saturated rings. The zero-order chi connectivity index (χ0) is 12.9. The monoisotopic (exact) mass is 241 g/mol. The minimum Gasteiger partial charge on any atom is -0.460 e. The molecule has 0 spiro atoms. The molecular weight excluding hydrogens is 214 g/mol. The molecule has 1 saturated carbocycles. The van der Waals surface area contributed by atoms with Crippen molar-refractivity contribution in [1.29, 1.82) is 0 Å². The van der Waals surface area contributed by atoms with Gasteiger partial charge in [-0.1, -0.05) is 13.3 Å². The van der Waals surface area contributed by atoms with Gasteiger partial charge in [0.05, 0.1) is 6.42 Å². The smallest absolute Gasteiger partial charge is 0.307 e. The summed E-state index contributed by atoms with van der Waals surface area (Å²) < 4.78 is 5.31. The second-order valence-corrected chi connectivity index (χ2v) is 6.03. The Morgan fingerprint density at radius 3 is 2.41 bits per heavy atom. The number of esters is 1. The van der Waals surface area contributed by atoms with Crippen LogP contribution in [0.4, 0.5) is 0 Å². The van der Waals surface area contributed by atoms with Gasteiger partial charge in [0.1, 0.15) is 5.60 Å². The summed E-state index contributed by atoms with van der Waals surface area (Å²) in [5.41, 5.74) is -0.359. The highest BCUT2D eigenvalue weighted by Crippen LogP contribution is 2.27. The lowest BCUT2D eigenvalue weighted by atomic mass is 9.85. The summed E-state index contributed by atoms with van der Waals surface area (Å²) in [5.74, 6) is 0.790. The first-order chi connectivity index (χ1) is 7.90. The van der Waals surface area contributed by atoms with Gasteiger partial charge in [-0.3, -0.25) is 4.79 Å². The van der Waals surface area contributed by atoms with Crippen LogP contribution in [0.25, 0.3) is 0 Å². The molecule has 0 aromatic carbocycles. The summed E-state index contributed by atoms with van der Waals surface area (Å²) in [6.45, 7) is 10.9. The Morgan fingerprint density at radius 2 is 2.00 bits per heavy atom. The third-order valence-electron chi connectivity index (χ3n) is 3.24. The molecule has 0 heterocycles. The average Bonchev–Trinajstić information content (AvgIpc) is 2.12. The molecule has 0 radical (unpaired) electrons. The highest BCUT2D eigenvalue weighted by molar-refractivity contribution is 5.70. The summed E-state index contributed by atoms with van der Waals surface area (Å²) in [7, 11) is 0. The van der Waals surface area contributed by atoms with Crippen LogP contribution in [0.3, 0.4) is 0 Å². The van der Waals surface area contributed by atoms with Gasteiger partial charge in [-0.25, -0.2) is 0 Å². The van der Waals surface area contributed by atoms with E-state index in [0.29, 0.717) is 6.42 Å².